The maximum absolute atomic E-state index is 4.26. The van der Waals surface area contributed by atoms with Crippen molar-refractivity contribution < 1.29 is 0 Å². The van der Waals surface area contributed by atoms with Gasteiger partial charge in [-0.1, -0.05) is 20.8 Å². The van der Waals surface area contributed by atoms with Crippen LogP contribution in [0.5, 0.6) is 0 Å². The molecule has 0 unspecified atom stereocenters. The second kappa shape index (κ2) is 14.1. The molecule has 238 valence electrons. The Bertz CT molecular complexity index is 1550. The average Bonchev–Trinajstić information content (AvgIpc) is 3.66. The first-order chi connectivity index (χ1) is 21.7. The van der Waals surface area contributed by atoms with Gasteiger partial charge in [0.1, 0.15) is 0 Å². The number of dihydropyridines is 1. The number of allylic oxidation sites excluding steroid dienone is 5. The number of aryl methyl sites for hydroxylation is 1. The molecular formula is C43H54IN. The fraction of sp³-hybridized carbons (Fsp3) is 0.465. The van der Waals surface area contributed by atoms with Gasteiger partial charge in [0.05, 0.1) is 0 Å². The zero-order valence-electron chi connectivity index (χ0n) is 28.3. The van der Waals surface area contributed by atoms with Gasteiger partial charge in [-0.2, -0.15) is 0 Å². The average molecular weight is 712 g/mol. The van der Waals surface area contributed by atoms with Crippen molar-refractivity contribution in [3.05, 3.63) is 124 Å². The van der Waals surface area contributed by atoms with Crippen molar-refractivity contribution in [3.8, 4) is 0 Å². The van der Waals surface area contributed by atoms with Crippen molar-refractivity contribution in [3.63, 3.8) is 0 Å². The fourth-order valence-electron chi connectivity index (χ4n) is 7.99. The number of rotatable bonds is 10. The maximum atomic E-state index is 4.26. The zero-order valence-corrected chi connectivity index (χ0v) is 30.4. The van der Waals surface area contributed by atoms with E-state index >= 15 is 0 Å². The Morgan fingerprint density at radius 2 is 1.89 bits per heavy atom. The van der Waals surface area contributed by atoms with Crippen LogP contribution >= 0.6 is 19.8 Å². The van der Waals surface area contributed by atoms with E-state index in [0.717, 1.165) is 28.4 Å². The van der Waals surface area contributed by atoms with Gasteiger partial charge in [0, 0.05) is 0 Å². The Balaban J connectivity index is 1.22. The van der Waals surface area contributed by atoms with Gasteiger partial charge in [0.2, 0.25) is 0 Å². The Morgan fingerprint density at radius 3 is 2.60 bits per heavy atom. The van der Waals surface area contributed by atoms with E-state index in [1.165, 1.54) is 94.8 Å². The van der Waals surface area contributed by atoms with Gasteiger partial charge in [-0.25, -0.2) is 0 Å². The molecule has 1 nitrogen and oxygen atoms in total. The molecule has 0 saturated carbocycles. The molecule has 0 aromatic heterocycles. The number of hydrogen-bond donors (Lipinski definition) is 1. The first-order valence-corrected chi connectivity index (χ1v) is 21.8. The zero-order chi connectivity index (χ0) is 31.6. The Hall–Kier alpha value is -2.55. The van der Waals surface area contributed by atoms with Crippen molar-refractivity contribution in [1.29, 1.82) is 0 Å². The third-order valence-electron chi connectivity index (χ3n) is 10.9. The SMILES string of the molecule is C=C=C(C[C@H](CCI1CCC[C@H]1CCC)c1ccc(C2=CNC(=C)C=C2)cc1)C1=Cc2cc3c(cc2C1)CC[C@H](C(C)(C)C)C3. The van der Waals surface area contributed by atoms with Crippen LogP contribution < -0.4 is 5.32 Å². The molecule has 1 N–H and O–H groups in total. The molecule has 1 saturated heterocycles. The number of benzene rings is 2. The molecule has 4 aliphatic rings. The summed E-state index contributed by atoms with van der Waals surface area (Å²) < 4.78 is 4.15. The fourth-order valence-corrected chi connectivity index (χ4v) is 16.1. The molecule has 1 fully saturated rings. The molecule has 2 aliphatic carbocycles. The second-order valence-corrected chi connectivity index (χ2v) is 21.7. The van der Waals surface area contributed by atoms with Crippen LogP contribution in [-0.4, -0.2) is 12.8 Å². The van der Waals surface area contributed by atoms with Gasteiger partial charge >= 0.3 is 256 Å². The molecule has 2 aliphatic heterocycles. The van der Waals surface area contributed by atoms with Gasteiger partial charge in [-0.05, 0) is 5.41 Å². The molecule has 2 aromatic carbocycles. The summed E-state index contributed by atoms with van der Waals surface area (Å²) in [6.45, 7) is 17.9. The Kier molecular flexibility index (Phi) is 10.1. The Labute approximate surface area is 281 Å². The number of nitrogens with one attached hydrogen (secondary N) is 1. The Morgan fingerprint density at radius 1 is 1.07 bits per heavy atom. The summed E-state index contributed by atoms with van der Waals surface area (Å²) in [5.74, 6) is 1.29. The summed E-state index contributed by atoms with van der Waals surface area (Å²) in [5, 5.41) is 3.27. The van der Waals surface area contributed by atoms with Crippen LogP contribution in [0, 0.1) is 11.3 Å². The third-order valence-corrected chi connectivity index (χ3v) is 18.8. The van der Waals surface area contributed by atoms with Gasteiger partial charge in [0.25, 0.3) is 0 Å². The predicted molar refractivity (Wildman–Crippen MR) is 205 cm³/mol. The summed E-state index contributed by atoms with van der Waals surface area (Å²) in [7, 11) is 0. The molecule has 2 heterocycles. The summed E-state index contributed by atoms with van der Waals surface area (Å²) in [6.07, 6.45) is 21.7. The van der Waals surface area contributed by atoms with Crippen LogP contribution in [0.4, 0.5) is 0 Å². The van der Waals surface area contributed by atoms with Gasteiger partial charge < -0.3 is 0 Å². The van der Waals surface area contributed by atoms with Crippen molar-refractivity contribution in [1.82, 2.24) is 5.32 Å². The molecule has 3 atom stereocenters. The number of halogens is 1. The van der Waals surface area contributed by atoms with Crippen LogP contribution in [0.25, 0.3) is 11.6 Å². The molecule has 0 amide bonds. The van der Waals surface area contributed by atoms with Gasteiger partial charge in [-0.15, -0.1) is 0 Å². The summed E-state index contributed by atoms with van der Waals surface area (Å²) in [5.41, 5.74) is 17.7. The molecule has 0 radical (unpaired) electrons. The minimum atomic E-state index is -0.889. The molecule has 2 heteroatoms. The molecule has 45 heavy (non-hydrogen) atoms. The van der Waals surface area contributed by atoms with E-state index in [0.29, 0.717) is 11.3 Å². The quantitative estimate of drug-likeness (QED) is 0.147. The van der Waals surface area contributed by atoms with E-state index in [1.807, 2.05) is 0 Å². The predicted octanol–water partition coefficient (Wildman–Crippen LogP) is 11.5. The normalized spacial score (nSPS) is 22.2. The van der Waals surface area contributed by atoms with Crippen LogP contribution in [0.2, 0.25) is 0 Å². The van der Waals surface area contributed by atoms with Gasteiger partial charge in [0.15, 0.2) is 0 Å². The van der Waals surface area contributed by atoms with Crippen LogP contribution in [-0.2, 0) is 19.3 Å². The van der Waals surface area contributed by atoms with E-state index < -0.39 is 19.8 Å². The third kappa shape index (κ3) is 7.55. The van der Waals surface area contributed by atoms with Crippen molar-refractivity contribution in [2.45, 2.75) is 102 Å². The van der Waals surface area contributed by atoms with Crippen molar-refractivity contribution in [2.24, 2.45) is 11.3 Å². The first kappa shape index (κ1) is 32.4. The molecular weight excluding hydrogens is 657 g/mol. The topological polar surface area (TPSA) is 12.0 Å². The first-order valence-electron chi connectivity index (χ1n) is 17.5. The van der Waals surface area contributed by atoms with E-state index in [4.69, 9.17) is 0 Å². The summed E-state index contributed by atoms with van der Waals surface area (Å²) in [6, 6.07) is 14.5. The standard InChI is InChI=1S/C43H54IN/c1-7-10-42-11-9-21-44(42)22-20-35(32-14-16-33(17-15-32)36-13-12-30(3)45-29-36)23-31(8-2)37-25-38-24-34-18-19-41(43(4,5)6)28-40(34)27-39(38)26-37/h12-17,24,26-27,29,35,41-42,45H,2-3,7,9-11,18-23,25,28H2,1,4-6H3/t35-,41-,42+/m0/s1. The molecule has 6 rings (SSSR count). The molecule has 0 bridgehead atoms. The number of alkyl halides is 3. The summed E-state index contributed by atoms with van der Waals surface area (Å²) >= 11 is -0.889. The van der Waals surface area contributed by atoms with E-state index in [-0.39, 0.29) is 0 Å². The van der Waals surface area contributed by atoms with Crippen molar-refractivity contribution in [2.75, 3.05) is 8.86 Å². The monoisotopic (exact) mass is 711 g/mol. The van der Waals surface area contributed by atoms with Crippen LogP contribution in [0.3, 0.4) is 0 Å². The van der Waals surface area contributed by atoms with E-state index in [2.05, 4.69) is 113 Å². The number of hydrogen-bond acceptors (Lipinski definition) is 1. The second-order valence-electron chi connectivity index (χ2n) is 14.9. The minimum absolute atomic E-state index is 0.373. The van der Waals surface area contributed by atoms with E-state index in [1.54, 1.807) is 15.6 Å². The van der Waals surface area contributed by atoms with Gasteiger partial charge in [-0.3, -0.25) is 0 Å². The van der Waals surface area contributed by atoms with E-state index in [9.17, 15) is 0 Å². The molecule has 0 spiro atoms. The van der Waals surface area contributed by atoms with Crippen molar-refractivity contribution >= 4 is 31.5 Å². The van der Waals surface area contributed by atoms with Crippen LogP contribution in [0.15, 0.2) is 90.5 Å². The number of fused-ring (bicyclic) bond motifs is 2. The molecule has 2 aromatic rings. The van der Waals surface area contributed by atoms with Crippen LogP contribution in [0.1, 0.15) is 112 Å². The summed E-state index contributed by atoms with van der Waals surface area (Å²) in [4.78, 5) is 0.